The van der Waals surface area contributed by atoms with Gasteiger partial charge in [0.25, 0.3) is 0 Å². The molecule has 17 heteroatoms. The summed E-state index contributed by atoms with van der Waals surface area (Å²) in [5.74, 6) is 1.18. The zero-order valence-electron chi connectivity index (χ0n) is 23.9. The maximum absolute atomic E-state index is 9.38. The lowest BCUT2D eigenvalue weighted by molar-refractivity contribution is -0.689. The van der Waals surface area contributed by atoms with Gasteiger partial charge in [-0.3, -0.25) is 4.98 Å². The Bertz CT molecular complexity index is 1240. The predicted octanol–water partition coefficient (Wildman–Crippen LogP) is -6.14. The number of aliphatic hydroxyl groups excluding tert-OH is 9. The average molecular weight is 650 g/mol. The summed E-state index contributed by atoms with van der Waals surface area (Å²) in [6.07, 6.45) is -5.93. The number of nitrogens with two attached hydrogens (primary N) is 1. The van der Waals surface area contributed by atoms with Crippen molar-refractivity contribution in [3.8, 4) is 5.75 Å². The first-order chi connectivity index (χ1) is 19.8. The van der Waals surface area contributed by atoms with E-state index in [1.54, 1.807) is 24.5 Å². The molecule has 0 aromatic carbocycles. The summed E-state index contributed by atoms with van der Waals surface area (Å²) < 4.78 is 2.11. The molecule has 0 saturated heterocycles. The number of pyridine rings is 1. The Morgan fingerprint density at radius 2 is 1.33 bits per heavy atom. The van der Waals surface area contributed by atoms with Crippen molar-refractivity contribution in [2.45, 2.75) is 83.6 Å². The second-order valence-corrected chi connectivity index (χ2v) is 10.6. The van der Waals surface area contributed by atoms with E-state index in [9.17, 15) is 5.11 Å². The van der Waals surface area contributed by atoms with Gasteiger partial charge >= 0.3 is 0 Å². The maximum Gasteiger partial charge on any atom is 0.225 e. The van der Waals surface area contributed by atoms with Gasteiger partial charge < -0.3 is 69.2 Å². The number of anilines is 1. The summed E-state index contributed by atoms with van der Waals surface area (Å²) in [4.78, 5) is 13.4. The lowest BCUT2D eigenvalue weighted by Crippen LogP contribution is -3.00. The number of rotatable bonds is 6. The monoisotopic (exact) mass is 649 g/mol. The molecule has 12 N–H and O–H groups in total. The number of aromatic hydroxyl groups is 1. The van der Waals surface area contributed by atoms with Gasteiger partial charge in [0, 0.05) is 43.5 Å². The molecule has 3 aromatic heterocycles. The normalized spacial score (nSPS) is 22.9. The minimum Gasteiger partial charge on any atom is -1.00 e. The molecule has 1 aliphatic carbocycles. The van der Waals surface area contributed by atoms with Crippen molar-refractivity contribution in [3.05, 3.63) is 56.7 Å². The molecule has 242 valence electrons. The number of thiazole rings is 1. The first kappa shape index (κ1) is 38.4. The van der Waals surface area contributed by atoms with Crippen molar-refractivity contribution in [1.82, 2.24) is 15.0 Å². The van der Waals surface area contributed by atoms with Crippen LogP contribution in [-0.2, 0) is 26.2 Å². The third-order valence-corrected chi connectivity index (χ3v) is 7.86. The van der Waals surface area contributed by atoms with Crippen LogP contribution >= 0.6 is 11.3 Å². The summed E-state index contributed by atoms with van der Waals surface area (Å²) in [5.41, 5.74) is 11.3. The molecule has 0 radical (unpaired) electrons. The van der Waals surface area contributed by atoms with Crippen molar-refractivity contribution >= 4 is 17.2 Å². The minimum atomic E-state index is -1.64. The maximum atomic E-state index is 9.38. The van der Waals surface area contributed by atoms with E-state index in [4.69, 9.17) is 51.7 Å². The van der Waals surface area contributed by atoms with Gasteiger partial charge in [0.05, 0.1) is 29.3 Å². The van der Waals surface area contributed by atoms with Crippen LogP contribution in [0.1, 0.15) is 38.8 Å². The first-order valence-electron chi connectivity index (χ1n) is 12.9. The highest BCUT2D eigenvalue weighted by atomic mass is 35.5. The predicted molar refractivity (Wildman–Crippen MR) is 149 cm³/mol. The number of aryl methyl sites for hydroxylation is 2. The Morgan fingerprint density at radius 3 is 1.77 bits per heavy atom. The molecule has 3 heterocycles. The molecule has 3 aromatic rings. The largest absolute Gasteiger partial charge is 1.00 e. The zero-order valence-corrected chi connectivity index (χ0v) is 25.4. The molecular formula is C26H40ClN5O10S. The Labute approximate surface area is 258 Å². The van der Waals surface area contributed by atoms with E-state index in [-0.39, 0.29) is 38.0 Å². The highest BCUT2D eigenvalue weighted by molar-refractivity contribution is 7.09. The van der Waals surface area contributed by atoms with Gasteiger partial charge in [-0.25, -0.2) is 9.97 Å². The highest BCUT2D eigenvalue weighted by Crippen LogP contribution is 2.23. The molecule has 15 nitrogen and oxygen atoms in total. The average Bonchev–Trinajstić information content (AvgIpc) is 3.31. The first-order valence-corrected chi connectivity index (χ1v) is 13.8. The SMILES string of the molecule is Cc1ncc(CO)c(CO)c1O.Cc1ncc(C[n+]2csc(CCO)c2C)c(N)n1.OC1C(O)C(O)C(O)C(O)C1O.[Cl-]. The fourth-order valence-electron chi connectivity index (χ4n) is 3.98. The van der Waals surface area contributed by atoms with Gasteiger partial charge in [0.1, 0.15) is 54.0 Å². The Morgan fingerprint density at radius 1 is 0.814 bits per heavy atom. The number of aliphatic hydroxyl groups is 9. The molecule has 0 spiro atoms. The molecule has 0 unspecified atom stereocenters. The topological polar surface area (TPSA) is 271 Å². The van der Waals surface area contributed by atoms with Gasteiger partial charge in [0.2, 0.25) is 5.51 Å². The van der Waals surface area contributed by atoms with E-state index in [0.29, 0.717) is 41.4 Å². The number of hydrogen-bond donors (Lipinski definition) is 11. The summed E-state index contributed by atoms with van der Waals surface area (Å²) in [6, 6.07) is 0. The third kappa shape index (κ3) is 9.69. The number of hydrogen-bond acceptors (Lipinski definition) is 15. The van der Waals surface area contributed by atoms with Crippen LogP contribution in [0.25, 0.3) is 0 Å². The molecule has 0 amide bonds. The standard InChI is InChI=1S/C12H17N4OS.C8H11NO3.C6H12O6.ClH/c1-8-11(3-4-17)18-7-16(8)6-10-5-14-9(2)15-12(10)13;1-5-8(12)7(4-11)6(3-10)2-9-5;7-1-2(8)4(10)6(12)5(11)3(1)9;/h5,7,17H,3-4,6H2,1-2H3,(H2,13,14,15);2,10-12H,3-4H2,1H3;1-12H;1H/q+1;;;/p-1. The van der Waals surface area contributed by atoms with E-state index in [2.05, 4.69) is 19.5 Å². The van der Waals surface area contributed by atoms with Crippen molar-refractivity contribution in [2.75, 3.05) is 12.3 Å². The molecule has 1 fully saturated rings. The van der Waals surface area contributed by atoms with Crippen LogP contribution in [0.4, 0.5) is 5.82 Å². The lowest BCUT2D eigenvalue weighted by atomic mass is 9.85. The van der Waals surface area contributed by atoms with Crippen LogP contribution in [0.5, 0.6) is 5.75 Å². The fourth-order valence-corrected chi connectivity index (χ4v) is 4.96. The van der Waals surface area contributed by atoms with E-state index >= 15 is 0 Å². The van der Waals surface area contributed by atoms with E-state index in [1.807, 2.05) is 19.4 Å². The van der Waals surface area contributed by atoms with Crippen LogP contribution in [0.3, 0.4) is 0 Å². The minimum absolute atomic E-state index is 0. The van der Waals surface area contributed by atoms with Crippen molar-refractivity contribution in [2.24, 2.45) is 0 Å². The molecule has 43 heavy (non-hydrogen) atoms. The Balaban J connectivity index is 0.000000330. The number of nitrogens with zero attached hydrogens (tertiary/aromatic N) is 4. The van der Waals surface area contributed by atoms with Crippen LogP contribution in [0.15, 0.2) is 17.9 Å². The number of aromatic nitrogens is 4. The molecule has 0 atom stereocenters. The molecule has 1 saturated carbocycles. The summed E-state index contributed by atoms with van der Waals surface area (Å²) in [6.45, 7) is 5.84. The van der Waals surface area contributed by atoms with Crippen molar-refractivity contribution < 1.29 is 68.0 Å². The van der Waals surface area contributed by atoms with E-state index in [1.165, 1.54) is 11.1 Å². The molecule has 0 aliphatic heterocycles. The number of nitrogen functional groups attached to an aromatic ring is 1. The summed E-state index contributed by atoms with van der Waals surface area (Å²) >= 11 is 1.65. The van der Waals surface area contributed by atoms with Crippen LogP contribution in [0, 0.1) is 20.8 Å². The van der Waals surface area contributed by atoms with E-state index < -0.39 is 36.6 Å². The summed E-state index contributed by atoms with van der Waals surface area (Å²) in [5, 5.41) is 89.9. The van der Waals surface area contributed by atoms with Crippen molar-refractivity contribution in [3.63, 3.8) is 0 Å². The Hall–Kier alpha value is -2.61. The second kappa shape index (κ2) is 17.6. The smallest absolute Gasteiger partial charge is 0.225 e. The number of halogens is 1. The lowest BCUT2D eigenvalue weighted by Gasteiger charge is -2.39. The van der Waals surface area contributed by atoms with Gasteiger partial charge in [0.15, 0.2) is 12.2 Å². The van der Waals surface area contributed by atoms with Gasteiger partial charge in [-0.05, 0) is 13.8 Å². The van der Waals surface area contributed by atoms with Crippen LogP contribution < -0.4 is 22.7 Å². The van der Waals surface area contributed by atoms with Gasteiger partial charge in [-0.1, -0.05) is 11.3 Å². The van der Waals surface area contributed by atoms with Crippen LogP contribution in [-0.4, -0.2) is 109 Å². The fraction of sp³-hybridized carbons (Fsp3) is 0.538. The molecule has 1 aliphatic rings. The Kier molecular flexibility index (Phi) is 15.7. The highest BCUT2D eigenvalue weighted by Gasteiger charge is 2.47. The zero-order chi connectivity index (χ0) is 31.7. The van der Waals surface area contributed by atoms with Gasteiger partial charge in [-0.2, -0.15) is 4.57 Å². The van der Waals surface area contributed by atoms with Crippen LogP contribution in [0.2, 0.25) is 0 Å². The quantitative estimate of drug-likeness (QED) is 0.111. The molecule has 0 bridgehead atoms. The third-order valence-electron chi connectivity index (χ3n) is 6.71. The van der Waals surface area contributed by atoms with Crippen molar-refractivity contribution in [1.29, 1.82) is 0 Å². The molecular weight excluding hydrogens is 610 g/mol. The van der Waals surface area contributed by atoms with E-state index in [0.717, 1.165) is 11.3 Å². The molecule has 4 rings (SSSR count). The summed E-state index contributed by atoms with van der Waals surface area (Å²) in [7, 11) is 0. The van der Waals surface area contributed by atoms with Gasteiger partial charge in [-0.15, -0.1) is 0 Å². The second-order valence-electron chi connectivity index (χ2n) is 9.62.